The van der Waals surface area contributed by atoms with Crippen molar-refractivity contribution in [3.8, 4) is 0 Å². The molecule has 0 fully saturated rings. The molecule has 0 amide bonds. The van der Waals surface area contributed by atoms with Gasteiger partial charge in [0.1, 0.15) is 23.8 Å². The van der Waals surface area contributed by atoms with Crippen molar-refractivity contribution in [1.82, 2.24) is 9.97 Å². The van der Waals surface area contributed by atoms with Crippen LogP contribution in [0.15, 0.2) is 29.0 Å². The summed E-state index contributed by atoms with van der Waals surface area (Å²) in [7, 11) is 0. The number of carbonyl (C=O) groups is 1. The average molecular weight is 311 g/mol. The summed E-state index contributed by atoms with van der Waals surface area (Å²) in [4.78, 5) is 18.4. The van der Waals surface area contributed by atoms with Gasteiger partial charge < -0.3 is 11.1 Å². The third kappa shape index (κ3) is 2.45. The molecule has 0 saturated heterocycles. The lowest BCUT2D eigenvalue weighted by Gasteiger charge is -2.09. The lowest BCUT2D eigenvalue weighted by Crippen LogP contribution is -2.05. The number of hydrogen-bond donors (Lipinski definition) is 2. The first-order valence-corrected chi connectivity index (χ1v) is 5.69. The maximum Gasteiger partial charge on any atom is 0.157 e. The number of anilines is 3. The van der Waals surface area contributed by atoms with Crippen LogP contribution in [0.3, 0.4) is 0 Å². The van der Waals surface area contributed by atoms with Gasteiger partial charge in [-0.25, -0.2) is 14.4 Å². The second kappa shape index (κ2) is 5.09. The summed E-state index contributed by atoms with van der Waals surface area (Å²) >= 11 is 3.15. The molecule has 0 aliphatic carbocycles. The molecule has 18 heavy (non-hydrogen) atoms. The van der Waals surface area contributed by atoms with Crippen LogP contribution in [0, 0.1) is 5.82 Å². The van der Waals surface area contributed by atoms with Crippen molar-refractivity contribution in [3.05, 3.63) is 40.4 Å². The van der Waals surface area contributed by atoms with Crippen molar-refractivity contribution >= 4 is 39.5 Å². The number of nitrogens with zero attached hydrogens (tertiary/aromatic N) is 2. The van der Waals surface area contributed by atoms with E-state index in [0.29, 0.717) is 10.8 Å². The summed E-state index contributed by atoms with van der Waals surface area (Å²) in [5, 5.41) is 2.70. The Morgan fingerprint density at radius 3 is 2.83 bits per heavy atom. The molecule has 92 valence electrons. The lowest BCUT2D eigenvalue weighted by atomic mass is 10.2. The van der Waals surface area contributed by atoms with Crippen LogP contribution < -0.4 is 11.1 Å². The Morgan fingerprint density at radius 2 is 2.17 bits per heavy atom. The molecule has 0 radical (unpaired) electrons. The van der Waals surface area contributed by atoms with Gasteiger partial charge in [0.2, 0.25) is 0 Å². The molecule has 5 nitrogen and oxygen atoms in total. The van der Waals surface area contributed by atoms with E-state index in [0.717, 1.165) is 0 Å². The summed E-state index contributed by atoms with van der Waals surface area (Å²) in [6.45, 7) is 0. The SMILES string of the molecule is Nc1ncnc(Nc2ccc(Br)cc2F)c1C=O. The van der Waals surface area contributed by atoms with Gasteiger partial charge in [0.25, 0.3) is 0 Å². The van der Waals surface area contributed by atoms with E-state index in [1.165, 1.54) is 18.5 Å². The van der Waals surface area contributed by atoms with Crippen LogP contribution in [0.2, 0.25) is 0 Å². The molecule has 7 heteroatoms. The molecular weight excluding hydrogens is 303 g/mol. The fourth-order valence-electron chi connectivity index (χ4n) is 1.34. The first kappa shape index (κ1) is 12.4. The Labute approximate surface area is 110 Å². The number of rotatable bonds is 3. The Hall–Kier alpha value is -2.02. The number of nitrogens with two attached hydrogens (primary N) is 1. The molecule has 0 saturated carbocycles. The van der Waals surface area contributed by atoms with Crippen molar-refractivity contribution in [2.75, 3.05) is 11.1 Å². The van der Waals surface area contributed by atoms with Gasteiger partial charge in [-0.15, -0.1) is 0 Å². The second-order valence-electron chi connectivity index (χ2n) is 3.39. The molecule has 0 bridgehead atoms. The molecule has 0 spiro atoms. The fourth-order valence-corrected chi connectivity index (χ4v) is 1.68. The number of hydrogen-bond acceptors (Lipinski definition) is 5. The van der Waals surface area contributed by atoms with Gasteiger partial charge in [0, 0.05) is 4.47 Å². The van der Waals surface area contributed by atoms with E-state index in [9.17, 15) is 9.18 Å². The molecule has 0 aliphatic heterocycles. The molecular formula is C11H8BrFN4O. The van der Waals surface area contributed by atoms with E-state index in [1.807, 2.05) is 0 Å². The largest absolute Gasteiger partial charge is 0.383 e. The second-order valence-corrected chi connectivity index (χ2v) is 4.30. The number of benzene rings is 1. The Bertz CT molecular complexity index is 606. The molecule has 1 aromatic carbocycles. The Kier molecular flexibility index (Phi) is 3.52. The minimum atomic E-state index is -0.474. The molecule has 1 aromatic heterocycles. The minimum Gasteiger partial charge on any atom is -0.383 e. The minimum absolute atomic E-state index is 0.0417. The molecule has 2 aromatic rings. The molecule has 1 heterocycles. The summed E-state index contributed by atoms with van der Waals surface area (Å²) in [5.41, 5.74) is 5.82. The molecule has 2 rings (SSSR count). The average Bonchev–Trinajstić information content (AvgIpc) is 2.33. The van der Waals surface area contributed by atoms with Crippen LogP contribution in [0.1, 0.15) is 10.4 Å². The number of halogens is 2. The molecule has 0 unspecified atom stereocenters. The standard InChI is InChI=1S/C11H8BrFN4O/c12-6-1-2-9(8(13)3-6)17-11-7(4-18)10(14)15-5-16-11/h1-5H,(H3,14,15,16,17). The lowest BCUT2D eigenvalue weighted by molar-refractivity contribution is 0.112. The predicted octanol–water partition coefficient (Wildman–Crippen LogP) is 2.52. The van der Waals surface area contributed by atoms with Crippen molar-refractivity contribution in [3.63, 3.8) is 0 Å². The Morgan fingerprint density at radius 1 is 1.39 bits per heavy atom. The molecule has 3 N–H and O–H groups in total. The van der Waals surface area contributed by atoms with Crippen LogP contribution in [0.5, 0.6) is 0 Å². The highest BCUT2D eigenvalue weighted by Crippen LogP contribution is 2.24. The number of aromatic nitrogens is 2. The zero-order valence-corrected chi connectivity index (χ0v) is 10.6. The fraction of sp³-hybridized carbons (Fsp3) is 0. The van der Waals surface area contributed by atoms with E-state index in [4.69, 9.17) is 5.73 Å². The number of aldehydes is 1. The summed E-state index contributed by atoms with van der Waals surface area (Å²) in [6, 6.07) is 4.48. The van der Waals surface area contributed by atoms with Gasteiger partial charge in [-0.1, -0.05) is 15.9 Å². The van der Waals surface area contributed by atoms with Crippen molar-refractivity contribution in [1.29, 1.82) is 0 Å². The van der Waals surface area contributed by atoms with Crippen molar-refractivity contribution in [2.24, 2.45) is 0 Å². The summed E-state index contributed by atoms with van der Waals surface area (Å²) in [5.74, 6) is -0.267. The normalized spacial score (nSPS) is 10.1. The monoisotopic (exact) mass is 310 g/mol. The summed E-state index contributed by atoms with van der Waals surface area (Å²) < 4.78 is 14.2. The third-order valence-corrected chi connectivity index (χ3v) is 2.71. The first-order valence-electron chi connectivity index (χ1n) is 4.89. The predicted molar refractivity (Wildman–Crippen MR) is 69.2 cm³/mol. The van der Waals surface area contributed by atoms with Gasteiger partial charge in [0.05, 0.1) is 11.3 Å². The number of carbonyl (C=O) groups excluding carboxylic acids is 1. The Balaban J connectivity index is 2.40. The number of nitrogen functional groups attached to an aromatic ring is 1. The summed E-state index contributed by atoms with van der Waals surface area (Å²) in [6.07, 6.45) is 1.72. The van der Waals surface area contributed by atoms with E-state index in [2.05, 4.69) is 31.2 Å². The maximum absolute atomic E-state index is 13.6. The highest BCUT2D eigenvalue weighted by Gasteiger charge is 2.10. The van der Waals surface area contributed by atoms with E-state index >= 15 is 0 Å². The van der Waals surface area contributed by atoms with Crippen molar-refractivity contribution in [2.45, 2.75) is 0 Å². The topological polar surface area (TPSA) is 80.9 Å². The van der Waals surface area contributed by atoms with Gasteiger partial charge in [0.15, 0.2) is 6.29 Å². The first-order chi connectivity index (χ1) is 8.61. The zero-order chi connectivity index (χ0) is 13.1. The van der Waals surface area contributed by atoms with E-state index in [1.54, 1.807) is 6.07 Å². The zero-order valence-electron chi connectivity index (χ0n) is 9.02. The van der Waals surface area contributed by atoms with Crippen LogP contribution in [0.4, 0.5) is 21.7 Å². The van der Waals surface area contributed by atoms with E-state index < -0.39 is 5.82 Å². The molecule has 0 aliphatic rings. The van der Waals surface area contributed by atoms with Crippen LogP contribution >= 0.6 is 15.9 Å². The van der Waals surface area contributed by atoms with Gasteiger partial charge in [-0.2, -0.15) is 0 Å². The highest BCUT2D eigenvalue weighted by molar-refractivity contribution is 9.10. The number of nitrogens with one attached hydrogen (secondary N) is 1. The third-order valence-electron chi connectivity index (χ3n) is 2.22. The van der Waals surface area contributed by atoms with Crippen LogP contribution in [-0.2, 0) is 0 Å². The maximum atomic E-state index is 13.6. The quantitative estimate of drug-likeness (QED) is 0.851. The van der Waals surface area contributed by atoms with Crippen LogP contribution in [0.25, 0.3) is 0 Å². The van der Waals surface area contributed by atoms with Gasteiger partial charge >= 0.3 is 0 Å². The van der Waals surface area contributed by atoms with Gasteiger partial charge in [-0.3, -0.25) is 4.79 Å². The van der Waals surface area contributed by atoms with E-state index in [-0.39, 0.29) is 22.9 Å². The van der Waals surface area contributed by atoms with Gasteiger partial charge in [-0.05, 0) is 18.2 Å². The van der Waals surface area contributed by atoms with Crippen molar-refractivity contribution < 1.29 is 9.18 Å². The molecule has 0 atom stereocenters. The highest BCUT2D eigenvalue weighted by atomic mass is 79.9. The smallest absolute Gasteiger partial charge is 0.157 e. The van der Waals surface area contributed by atoms with Crippen LogP contribution in [-0.4, -0.2) is 16.3 Å².